The average molecular weight is 164 g/mol. The number of nitrogens with two attached hydrogens (primary N) is 1. The Morgan fingerprint density at radius 2 is 2.17 bits per heavy atom. The molecule has 2 N–H and O–H groups in total. The van der Waals surface area contributed by atoms with E-state index in [4.69, 9.17) is 5.73 Å². The maximum Gasteiger partial charge on any atom is 0.148 e. The van der Waals surface area contributed by atoms with Gasteiger partial charge in [0.15, 0.2) is 0 Å². The van der Waals surface area contributed by atoms with Gasteiger partial charge in [0.1, 0.15) is 5.82 Å². The third-order valence-electron chi connectivity index (χ3n) is 1.96. The molecule has 12 heavy (non-hydrogen) atoms. The van der Waals surface area contributed by atoms with Crippen molar-refractivity contribution in [2.75, 3.05) is 5.73 Å². The number of fused-ring (bicyclic) bond motifs is 1. The van der Waals surface area contributed by atoms with Gasteiger partial charge in [-0.25, -0.2) is 4.39 Å². The van der Waals surface area contributed by atoms with Gasteiger partial charge in [-0.2, -0.15) is 0 Å². The molecule has 62 valence electrons. The van der Waals surface area contributed by atoms with Crippen molar-refractivity contribution in [3.8, 4) is 0 Å². The molecule has 0 atom stereocenters. The quantitative estimate of drug-likeness (QED) is 0.592. The van der Waals surface area contributed by atoms with Gasteiger partial charge in [-0.1, -0.05) is 0 Å². The lowest BCUT2D eigenvalue weighted by atomic mass is 10.2. The summed E-state index contributed by atoms with van der Waals surface area (Å²) in [4.78, 5) is 0. The molecule has 1 aromatic carbocycles. The van der Waals surface area contributed by atoms with Crippen LogP contribution in [0.5, 0.6) is 0 Å². The Kier molecular flexibility index (Phi) is 1.33. The van der Waals surface area contributed by atoms with Crippen molar-refractivity contribution in [2.45, 2.75) is 0 Å². The first kappa shape index (κ1) is 7.16. The van der Waals surface area contributed by atoms with Crippen molar-refractivity contribution in [1.29, 1.82) is 0 Å². The molecule has 0 aliphatic rings. The normalized spacial score (nSPS) is 10.8. The van der Waals surface area contributed by atoms with Crippen LogP contribution in [0.15, 0.2) is 24.4 Å². The fourth-order valence-corrected chi connectivity index (χ4v) is 1.36. The lowest BCUT2D eigenvalue weighted by Gasteiger charge is -1.95. The van der Waals surface area contributed by atoms with Gasteiger partial charge < -0.3 is 10.3 Å². The number of halogens is 1. The highest BCUT2D eigenvalue weighted by atomic mass is 19.1. The van der Waals surface area contributed by atoms with E-state index >= 15 is 0 Å². The van der Waals surface area contributed by atoms with E-state index < -0.39 is 0 Å². The van der Waals surface area contributed by atoms with Crippen LogP contribution in [0, 0.1) is 5.82 Å². The summed E-state index contributed by atoms with van der Waals surface area (Å²) in [5.41, 5.74) is 6.98. The third kappa shape index (κ3) is 0.863. The summed E-state index contributed by atoms with van der Waals surface area (Å²) in [6, 6.07) is 5.22. The first-order chi connectivity index (χ1) is 5.68. The number of aromatic nitrogens is 1. The summed E-state index contributed by atoms with van der Waals surface area (Å²) in [5.74, 6) is -0.222. The fraction of sp³-hybridized carbons (Fsp3) is 0.111. The number of benzene rings is 1. The highest BCUT2D eigenvalue weighted by molar-refractivity contribution is 5.83. The van der Waals surface area contributed by atoms with Gasteiger partial charge in [0.25, 0.3) is 0 Å². The first-order valence-corrected chi connectivity index (χ1v) is 3.68. The van der Waals surface area contributed by atoms with Crippen LogP contribution in [-0.2, 0) is 7.05 Å². The Labute approximate surface area is 69.4 Å². The molecule has 0 aliphatic heterocycles. The maximum atomic E-state index is 13.1. The molecule has 0 amide bonds. The van der Waals surface area contributed by atoms with E-state index in [9.17, 15) is 4.39 Å². The number of aryl methyl sites for hydroxylation is 1. The second-order valence-electron chi connectivity index (χ2n) is 2.86. The van der Waals surface area contributed by atoms with E-state index in [-0.39, 0.29) is 5.82 Å². The number of hydrogen-bond donors (Lipinski definition) is 1. The Balaban J connectivity index is 2.90. The Morgan fingerprint density at radius 1 is 1.42 bits per heavy atom. The lowest BCUT2D eigenvalue weighted by Crippen LogP contribution is -1.85. The molecule has 3 heteroatoms. The molecule has 1 heterocycles. The van der Waals surface area contributed by atoms with E-state index in [1.54, 1.807) is 16.7 Å². The molecule has 0 fully saturated rings. The Morgan fingerprint density at radius 3 is 2.92 bits per heavy atom. The van der Waals surface area contributed by atoms with Crippen LogP contribution in [0.3, 0.4) is 0 Å². The fourth-order valence-electron chi connectivity index (χ4n) is 1.36. The highest BCUT2D eigenvalue weighted by Gasteiger charge is 2.04. The van der Waals surface area contributed by atoms with Crippen LogP contribution >= 0.6 is 0 Å². The predicted octanol–water partition coefficient (Wildman–Crippen LogP) is 1.90. The molecule has 0 spiro atoms. The van der Waals surface area contributed by atoms with E-state index in [1.807, 2.05) is 13.1 Å². The van der Waals surface area contributed by atoms with Crippen molar-refractivity contribution in [1.82, 2.24) is 4.57 Å². The zero-order valence-corrected chi connectivity index (χ0v) is 6.71. The number of rotatable bonds is 0. The second kappa shape index (κ2) is 2.24. The molecular formula is C9H9FN2. The molecule has 0 unspecified atom stereocenters. The Bertz CT molecular complexity index is 431. The molecule has 0 radical (unpaired) electrons. The topological polar surface area (TPSA) is 30.9 Å². The van der Waals surface area contributed by atoms with E-state index in [0.717, 1.165) is 5.52 Å². The van der Waals surface area contributed by atoms with Gasteiger partial charge in [0, 0.05) is 24.3 Å². The molecule has 0 saturated heterocycles. The second-order valence-corrected chi connectivity index (χ2v) is 2.86. The van der Waals surface area contributed by atoms with Crippen LogP contribution in [0.25, 0.3) is 10.9 Å². The molecule has 2 nitrogen and oxygen atoms in total. The van der Waals surface area contributed by atoms with Crippen LogP contribution in [0.2, 0.25) is 0 Å². The summed E-state index contributed by atoms with van der Waals surface area (Å²) in [5, 5.41) is 0.581. The third-order valence-corrected chi connectivity index (χ3v) is 1.96. The maximum absolute atomic E-state index is 13.1. The van der Waals surface area contributed by atoms with Crippen molar-refractivity contribution in [2.24, 2.45) is 7.05 Å². The van der Waals surface area contributed by atoms with Crippen molar-refractivity contribution in [3.63, 3.8) is 0 Å². The summed E-state index contributed by atoms with van der Waals surface area (Å²) >= 11 is 0. The largest absolute Gasteiger partial charge is 0.399 e. The average Bonchev–Trinajstić information content (AvgIpc) is 2.28. The summed E-state index contributed by atoms with van der Waals surface area (Å²) in [7, 11) is 1.81. The summed E-state index contributed by atoms with van der Waals surface area (Å²) in [6.07, 6.45) is 1.45. The number of nitrogen functional groups attached to an aromatic ring is 1. The van der Waals surface area contributed by atoms with Crippen LogP contribution in [0.1, 0.15) is 0 Å². The van der Waals surface area contributed by atoms with Crippen molar-refractivity contribution >= 4 is 16.6 Å². The van der Waals surface area contributed by atoms with Gasteiger partial charge in [0.2, 0.25) is 0 Å². The SMILES string of the molecule is Cn1cc(F)c2cc(N)ccc21. The highest BCUT2D eigenvalue weighted by Crippen LogP contribution is 2.21. The van der Waals surface area contributed by atoms with Crippen LogP contribution in [0.4, 0.5) is 10.1 Å². The zero-order chi connectivity index (χ0) is 8.72. The minimum absolute atomic E-state index is 0.222. The molecule has 0 saturated carbocycles. The number of anilines is 1. The van der Waals surface area contributed by atoms with Gasteiger partial charge >= 0.3 is 0 Å². The van der Waals surface area contributed by atoms with E-state index in [0.29, 0.717) is 11.1 Å². The minimum Gasteiger partial charge on any atom is -0.399 e. The Hall–Kier alpha value is -1.51. The van der Waals surface area contributed by atoms with Gasteiger partial charge in [-0.05, 0) is 18.2 Å². The lowest BCUT2D eigenvalue weighted by molar-refractivity contribution is 0.633. The number of nitrogens with zero attached hydrogens (tertiary/aromatic N) is 1. The van der Waals surface area contributed by atoms with E-state index in [1.165, 1.54) is 6.20 Å². The van der Waals surface area contributed by atoms with Gasteiger partial charge in [-0.3, -0.25) is 0 Å². The monoisotopic (exact) mass is 164 g/mol. The van der Waals surface area contributed by atoms with Gasteiger partial charge in [-0.15, -0.1) is 0 Å². The number of hydrogen-bond acceptors (Lipinski definition) is 1. The van der Waals surface area contributed by atoms with Crippen LogP contribution < -0.4 is 5.73 Å². The predicted molar refractivity (Wildman–Crippen MR) is 47.3 cm³/mol. The molecule has 0 bridgehead atoms. The van der Waals surface area contributed by atoms with Gasteiger partial charge in [0.05, 0.1) is 5.52 Å². The van der Waals surface area contributed by atoms with Crippen molar-refractivity contribution in [3.05, 3.63) is 30.2 Å². The molecule has 2 aromatic rings. The first-order valence-electron chi connectivity index (χ1n) is 3.68. The molecule has 1 aromatic heterocycles. The molecule has 0 aliphatic carbocycles. The van der Waals surface area contributed by atoms with Crippen molar-refractivity contribution < 1.29 is 4.39 Å². The zero-order valence-electron chi connectivity index (χ0n) is 6.71. The summed E-state index contributed by atoms with van der Waals surface area (Å²) < 4.78 is 14.9. The van der Waals surface area contributed by atoms with E-state index in [2.05, 4.69) is 0 Å². The minimum atomic E-state index is -0.222. The standard InChI is InChI=1S/C9H9FN2/c1-12-5-8(10)7-4-6(11)2-3-9(7)12/h2-5H,11H2,1H3. The van der Waals surface area contributed by atoms with Crippen LogP contribution in [-0.4, -0.2) is 4.57 Å². The molecular weight excluding hydrogens is 155 g/mol. The molecule has 2 rings (SSSR count). The summed E-state index contributed by atoms with van der Waals surface area (Å²) in [6.45, 7) is 0. The smallest absolute Gasteiger partial charge is 0.148 e.